The van der Waals surface area contributed by atoms with Gasteiger partial charge in [-0.3, -0.25) is 15.0 Å². The van der Waals surface area contributed by atoms with E-state index in [0.29, 0.717) is 29.7 Å². The van der Waals surface area contributed by atoms with Crippen LogP contribution in [-0.4, -0.2) is 50.8 Å². The largest absolute Gasteiger partial charge is 0.484 e. The van der Waals surface area contributed by atoms with Gasteiger partial charge in [-0.25, -0.2) is 4.68 Å². The normalized spacial score (nSPS) is 25.1. The molecule has 3 heterocycles. The molecule has 150 valence electrons. The van der Waals surface area contributed by atoms with E-state index in [0.717, 1.165) is 18.8 Å². The van der Waals surface area contributed by atoms with Crippen LogP contribution >= 0.6 is 0 Å². The summed E-state index contributed by atoms with van der Waals surface area (Å²) in [5.41, 5.74) is 0. The van der Waals surface area contributed by atoms with Gasteiger partial charge < -0.3 is 4.74 Å². The van der Waals surface area contributed by atoms with Gasteiger partial charge in [-0.2, -0.15) is 4.98 Å². The number of anilines is 1. The highest BCUT2D eigenvalue weighted by Gasteiger charge is 2.35. The molecule has 1 aromatic heterocycles. The Balaban J connectivity index is 1.37. The van der Waals surface area contributed by atoms with Crippen molar-refractivity contribution < 1.29 is 9.53 Å². The Morgan fingerprint density at radius 1 is 1.25 bits per heavy atom. The average Bonchev–Trinajstić information content (AvgIpc) is 3.08. The molecule has 0 aliphatic carbocycles. The molecule has 0 saturated carbocycles. The van der Waals surface area contributed by atoms with Crippen LogP contribution in [0.1, 0.15) is 38.9 Å². The van der Waals surface area contributed by atoms with Crippen molar-refractivity contribution in [2.24, 2.45) is 5.92 Å². The molecule has 3 atom stereocenters. The minimum atomic E-state index is -0.249. The third kappa shape index (κ3) is 4.19. The molecule has 0 radical (unpaired) electrons. The number of para-hydroxylation sites is 1. The molecule has 2 aliphatic heterocycles. The molecule has 3 unspecified atom stereocenters. The molecule has 2 aromatic rings. The van der Waals surface area contributed by atoms with Gasteiger partial charge >= 0.3 is 0 Å². The number of nitrogens with zero attached hydrogens (tertiary/aromatic N) is 4. The fraction of sp³-hybridized carbons (Fsp3) is 0.571. The number of nitrogens with one attached hydrogen (secondary N) is 1. The summed E-state index contributed by atoms with van der Waals surface area (Å²) in [6.07, 6.45) is 4.77. The highest BCUT2D eigenvalue weighted by Crippen LogP contribution is 2.29. The first-order valence-electron chi connectivity index (χ1n) is 10.3. The minimum Gasteiger partial charge on any atom is -0.484 e. The SMILES string of the molecule is CC1Cc2nc(NC(=O)COc3ccccc3)nn2CC1N1CCCCC1C. The summed E-state index contributed by atoms with van der Waals surface area (Å²) in [4.78, 5) is 19.4. The highest BCUT2D eigenvalue weighted by molar-refractivity contribution is 5.90. The van der Waals surface area contributed by atoms with Gasteiger partial charge in [-0.05, 0) is 44.4 Å². The number of ether oxygens (including phenoxy) is 1. The predicted octanol–water partition coefficient (Wildman–Crippen LogP) is 2.73. The quantitative estimate of drug-likeness (QED) is 0.860. The number of carbonyl (C=O) groups excluding carboxylic acids is 1. The van der Waals surface area contributed by atoms with Gasteiger partial charge in [-0.15, -0.1) is 5.10 Å². The van der Waals surface area contributed by atoms with Crippen LogP contribution in [-0.2, 0) is 17.8 Å². The summed E-state index contributed by atoms with van der Waals surface area (Å²) in [7, 11) is 0. The number of amides is 1. The Labute approximate surface area is 166 Å². The lowest BCUT2D eigenvalue weighted by Crippen LogP contribution is -2.52. The second-order valence-electron chi connectivity index (χ2n) is 8.02. The maximum atomic E-state index is 12.2. The number of hydrogen-bond donors (Lipinski definition) is 1. The lowest BCUT2D eigenvalue weighted by Gasteiger charge is -2.44. The minimum absolute atomic E-state index is 0.0573. The number of piperidine rings is 1. The van der Waals surface area contributed by atoms with E-state index in [9.17, 15) is 4.79 Å². The van der Waals surface area contributed by atoms with Gasteiger partial charge in [0.1, 0.15) is 11.6 Å². The molecule has 7 heteroatoms. The van der Waals surface area contributed by atoms with Gasteiger partial charge in [0.15, 0.2) is 6.61 Å². The third-order valence-corrected chi connectivity index (χ3v) is 5.91. The van der Waals surface area contributed by atoms with E-state index in [1.807, 2.05) is 35.0 Å². The third-order valence-electron chi connectivity index (χ3n) is 5.91. The molecule has 1 fully saturated rings. The van der Waals surface area contributed by atoms with Gasteiger partial charge in [-0.1, -0.05) is 31.5 Å². The molecule has 0 bridgehead atoms. The standard InChI is InChI=1S/C21H29N5O2/c1-15-12-19-22-21(23-20(27)14-28-17-9-4-3-5-10-17)24-26(19)13-18(15)25-11-7-6-8-16(25)2/h3-5,9-10,15-16,18H,6-8,11-14H2,1-2H3,(H,23,24,27). The maximum Gasteiger partial charge on any atom is 0.264 e. The summed E-state index contributed by atoms with van der Waals surface area (Å²) >= 11 is 0. The van der Waals surface area contributed by atoms with Gasteiger partial charge in [0.05, 0.1) is 6.54 Å². The average molecular weight is 383 g/mol. The molecule has 0 spiro atoms. The van der Waals surface area contributed by atoms with Crippen LogP contribution in [0.2, 0.25) is 0 Å². The van der Waals surface area contributed by atoms with Crippen molar-refractivity contribution in [2.45, 2.75) is 58.2 Å². The predicted molar refractivity (Wildman–Crippen MR) is 107 cm³/mol. The number of aromatic nitrogens is 3. The smallest absolute Gasteiger partial charge is 0.264 e. The van der Waals surface area contributed by atoms with Crippen LogP contribution in [0.15, 0.2) is 30.3 Å². The zero-order chi connectivity index (χ0) is 19.5. The second-order valence-corrected chi connectivity index (χ2v) is 8.02. The van der Waals surface area contributed by atoms with Crippen LogP contribution in [0.5, 0.6) is 5.75 Å². The summed E-state index contributed by atoms with van der Waals surface area (Å²) in [5.74, 6) is 2.27. The number of carbonyl (C=O) groups is 1. The number of hydrogen-bond acceptors (Lipinski definition) is 5. The van der Waals surface area contributed by atoms with E-state index in [-0.39, 0.29) is 12.5 Å². The molecular formula is C21H29N5O2. The monoisotopic (exact) mass is 383 g/mol. The fourth-order valence-corrected chi connectivity index (χ4v) is 4.38. The van der Waals surface area contributed by atoms with Crippen LogP contribution < -0.4 is 10.1 Å². The molecular weight excluding hydrogens is 354 g/mol. The van der Waals surface area contributed by atoms with Crippen molar-refractivity contribution in [3.8, 4) is 5.75 Å². The second kappa shape index (κ2) is 8.31. The van der Waals surface area contributed by atoms with E-state index in [4.69, 9.17) is 4.74 Å². The Hall–Kier alpha value is -2.41. The first-order valence-corrected chi connectivity index (χ1v) is 10.3. The van der Waals surface area contributed by atoms with Crippen molar-refractivity contribution >= 4 is 11.9 Å². The van der Waals surface area contributed by atoms with E-state index in [1.54, 1.807) is 0 Å². The van der Waals surface area contributed by atoms with Gasteiger partial charge in [0.25, 0.3) is 5.91 Å². The summed E-state index contributed by atoms with van der Waals surface area (Å²) in [5, 5.41) is 7.31. The van der Waals surface area contributed by atoms with Crippen molar-refractivity contribution in [2.75, 3.05) is 18.5 Å². The Morgan fingerprint density at radius 2 is 2.07 bits per heavy atom. The van der Waals surface area contributed by atoms with E-state index >= 15 is 0 Å². The van der Waals surface area contributed by atoms with E-state index < -0.39 is 0 Å². The number of likely N-dealkylation sites (tertiary alicyclic amines) is 1. The first kappa shape index (κ1) is 18.9. The summed E-state index contributed by atoms with van der Waals surface area (Å²) in [6, 6.07) is 10.4. The van der Waals surface area contributed by atoms with Crippen molar-refractivity contribution in [1.29, 1.82) is 0 Å². The van der Waals surface area contributed by atoms with Crippen molar-refractivity contribution in [1.82, 2.24) is 19.7 Å². The zero-order valence-electron chi connectivity index (χ0n) is 16.7. The van der Waals surface area contributed by atoms with Crippen molar-refractivity contribution in [3.63, 3.8) is 0 Å². The summed E-state index contributed by atoms with van der Waals surface area (Å²) < 4.78 is 7.46. The lowest BCUT2D eigenvalue weighted by molar-refractivity contribution is -0.118. The maximum absolute atomic E-state index is 12.2. The van der Waals surface area contributed by atoms with Crippen LogP contribution in [0.3, 0.4) is 0 Å². The van der Waals surface area contributed by atoms with Crippen LogP contribution in [0.25, 0.3) is 0 Å². The molecule has 2 aliphatic rings. The molecule has 28 heavy (non-hydrogen) atoms. The fourth-order valence-electron chi connectivity index (χ4n) is 4.38. The molecule has 7 nitrogen and oxygen atoms in total. The molecule has 1 aromatic carbocycles. The molecule has 1 amide bonds. The Morgan fingerprint density at radius 3 is 2.86 bits per heavy atom. The number of benzene rings is 1. The summed E-state index contributed by atoms with van der Waals surface area (Å²) in [6.45, 7) is 6.58. The van der Waals surface area contributed by atoms with E-state index in [2.05, 4.69) is 34.1 Å². The van der Waals surface area contributed by atoms with Gasteiger partial charge in [0.2, 0.25) is 5.95 Å². The van der Waals surface area contributed by atoms with Crippen molar-refractivity contribution in [3.05, 3.63) is 36.2 Å². The van der Waals surface area contributed by atoms with Crippen LogP contribution in [0.4, 0.5) is 5.95 Å². The number of fused-ring (bicyclic) bond motifs is 1. The Bertz CT molecular complexity index is 806. The lowest BCUT2D eigenvalue weighted by atomic mass is 9.90. The molecule has 1 saturated heterocycles. The van der Waals surface area contributed by atoms with Gasteiger partial charge in [0, 0.05) is 18.5 Å². The topological polar surface area (TPSA) is 72.3 Å². The zero-order valence-corrected chi connectivity index (χ0v) is 16.7. The van der Waals surface area contributed by atoms with E-state index in [1.165, 1.54) is 25.8 Å². The van der Waals surface area contributed by atoms with Crippen LogP contribution in [0, 0.1) is 5.92 Å². The Kier molecular flexibility index (Phi) is 5.62. The molecule has 1 N–H and O–H groups in total. The number of rotatable bonds is 5. The highest BCUT2D eigenvalue weighted by atomic mass is 16.5. The molecule has 4 rings (SSSR count). The first-order chi connectivity index (χ1) is 13.6.